The van der Waals surface area contributed by atoms with Crippen LogP contribution >= 0.6 is 11.3 Å². The van der Waals surface area contributed by atoms with Crippen LogP contribution in [0.2, 0.25) is 0 Å². The third-order valence-electron chi connectivity index (χ3n) is 7.46. The quantitative estimate of drug-likeness (QED) is 0.282. The predicted octanol–water partition coefficient (Wildman–Crippen LogP) is 5.29. The molecule has 3 amide bonds. The molecule has 4 aromatic carbocycles. The van der Waals surface area contributed by atoms with Crippen molar-refractivity contribution in [1.29, 1.82) is 0 Å². The van der Waals surface area contributed by atoms with E-state index in [-0.39, 0.29) is 4.90 Å². The van der Waals surface area contributed by atoms with Crippen LogP contribution in [0.1, 0.15) is 43.9 Å². The minimum absolute atomic E-state index is 0.211. The molecule has 0 spiro atoms. The fourth-order valence-corrected chi connectivity index (χ4v) is 7.96. The molecular weight excluding hydrogens is 560 g/mol. The van der Waals surface area contributed by atoms with Gasteiger partial charge in [0, 0.05) is 24.0 Å². The SMILES string of the molecule is O=C(Nc1nc2ccc(S(=O)(=O)N3CCCC3)cc2s1)c1ccc(N2C(=O)c3ccccc3C2=O)c2ccccc12. The smallest absolute Gasteiger partial charge is 0.266 e. The predicted molar refractivity (Wildman–Crippen MR) is 157 cm³/mol. The molecule has 5 aromatic rings. The van der Waals surface area contributed by atoms with Crippen molar-refractivity contribution in [3.63, 3.8) is 0 Å². The molecule has 3 heterocycles. The summed E-state index contributed by atoms with van der Waals surface area (Å²) in [7, 11) is -3.57. The summed E-state index contributed by atoms with van der Waals surface area (Å²) in [4.78, 5) is 45.6. The molecule has 9 nitrogen and oxygen atoms in total. The first-order valence-corrected chi connectivity index (χ1v) is 15.3. The average molecular weight is 583 g/mol. The van der Waals surface area contributed by atoms with Crippen molar-refractivity contribution in [1.82, 2.24) is 9.29 Å². The highest BCUT2D eigenvalue weighted by molar-refractivity contribution is 7.89. The van der Waals surface area contributed by atoms with Gasteiger partial charge >= 0.3 is 0 Å². The van der Waals surface area contributed by atoms with Gasteiger partial charge in [-0.25, -0.2) is 18.3 Å². The number of carbonyl (C=O) groups excluding carboxylic acids is 3. The Labute approximate surface area is 239 Å². The van der Waals surface area contributed by atoms with Crippen LogP contribution < -0.4 is 10.2 Å². The Morgan fingerprint density at radius 2 is 1.49 bits per heavy atom. The number of imide groups is 1. The fraction of sp³-hybridized carbons (Fsp3) is 0.133. The zero-order chi connectivity index (χ0) is 28.3. The lowest BCUT2D eigenvalue weighted by Crippen LogP contribution is -2.29. The lowest BCUT2D eigenvalue weighted by molar-refractivity contribution is 0.0925. The number of sulfonamides is 1. The Morgan fingerprint density at radius 1 is 0.829 bits per heavy atom. The van der Waals surface area contributed by atoms with E-state index in [1.54, 1.807) is 78.9 Å². The molecule has 204 valence electrons. The highest BCUT2D eigenvalue weighted by Gasteiger charge is 2.37. The minimum atomic E-state index is -3.57. The van der Waals surface area contributed by atoms with E-state index in [1.807, 2.05) is 0 Å². The number of benzene rings is 4. The maximum Gasteiger partial charge on any atom is 0.266 e. The number of thiazole rings is 1. The number of anilines is 2. The maximum atomic E-state index is 13.5. The highest BCUT2D eigenvalue weighted by atomic mass is 32.2. The lowest BCUT2D eigenvalue weighted by Gasteiger charge is -2.18. The van der Waals surface area contributed by atoms with Crippen LogP contribution in [0.25, 0.3) is 21.0 Å². The fourth-order valence-electron chi connectivity index (χ4n) is 5.45. The van der Waals surface area contributed by atoms with Gasteiger partial charge in [-0.15, -0.1) is 0 Å². The van der Waals surface area contributed by atoms with Gasteiger partial charge in [-0.3, -0.25) is 19.7 Å². The van der Waals surface area contributed by atoms with E-state index in [4.69, 9.17) is 0 Å². The van der Waals surface area contributed by atoms with Crippen molar-refractivity contribution in [2.24, 2.45) is 0 Å². The Morgan fingerprint density at radius 3 is 2.20 bits per heavy atom. The normalized spacial score (nSPS) is 15.7. The third kappa shape index (κ3) is 4.12. The second-order valence-corrected chi connectivity index (χ2v) is 12.9. The molecule has 41 heavy (non-hydrogen) atoms. The minimum Gasteiger partial charge on any atom is -0.298 e. The number of nitrogens with one attached hydrogen (secondary N) is 1. The average Bonchev–Trinajstić information content (AvgIpc) is 3.72. The van der Waals surface area contributed by atoms with Gasteiger partial charge in [0.15, 0.2) is 5.13 Å². The largest absolute Gasteiger partial charge is 0.298 e. The van der Waals surface area contributed by atoms with Crippen LogP contribution in [0.3, 0.4) is 0 Å². The molecule has 7 rings (SSSR count). The van der Waals surface area contributed by atoms with Crippen LogP contribution in [0.15, 0.2) is 83.8 Å². The zero-order valence-electron chi connectivity index (χ0n) is 21.5. The maximum absolute atomic E-state index is 13.5. The van der Waals surface area contributed by atoms with Crippen molar-refractivity contribution in [2.75, 3.05) is 23.3 Å². The monoisotopic (exact) mass is 582 g/mol. The van der Waals surface area contributed by atoms with Crippen LogP contribution in [0, 0.1) is 0 Å². The second-order valence-electron chi connectivity index (χ2n) is 9.88. The molecule has 1 fully saturated rings. The molecule has 1 N–H and O–H groups in total. The van der Waals surface area contributed by atoms with Crippen LogP contribution in [-0.4, -0.2) is 48.5 Å². The molecule has 0 aliphatic carbocycles. The van der Waals surface area contributed by atoms with E-state index < -0.39 is 27.7 Å². The van der Waals surface area contributed by atoms with Gasteiger partial charge in [-0.1, -0.05) is 47.7 Å². The first kappa shape index (κ1) is 25.5. The molecule has 0 unspecified atom stereocenters. The summed E-state index contributed by atoms with van der Waals surface area (Å²) in [6, 6.07) is 21.8. The van der Waals surface area contributed by atoms with Gasteiger partial charge in [0.2, 0.25) is 10.0 Å². The number of aromatic nitrogens is 1. The van der Waals surface area contributed by atoms with Gasteiger partial charge in [0.25, 0.3) is 17.7 Å². The number of carbonyl (C=O) groups is 3. The van der Waals surface area contributed by atoms with Crippen molar-refractivity contribution in [3.05, 3.63) is 95.6 Å². The molecule has 0 radical (unpaired) electrons. The van der Waals surface area contributed by atoms with Crippen molar-refractivity contribution in [3.8, 4) is 0 Å². The molecule has 1 aromatic heterocycles. The van der Waals surface area contributed by atoms with E-state index in [1.165, 1.54) is 15.6 Å². The van der Waals surface area contributed by atoms with Crippen LogP contribution in [0.4, 0.5) is 10.8 Å². The van der Waals surface area contributed by atoms with E-state index in [0.717, 1.165) is 17.7 Å². The van der Waals surface area contributed by atoms with Gasteiger partial charge in [-0.05, 0) is 60.7 Å². The number of amides is 3. The van der Waals surface area contributed by atoms with E-state index in [2.05, 4.69) is 10.3 Å². The number of rotatable bonds is 5. The van der Waals surface area contributed by atoms with Gasteiger partial charge in [-0.2, -0.15) is 4.31 Å². The molecule has 2 aliphatic rings. The zero-order valence-corrected chi connectivity index (χ0v) is 23.2. The topological polar surface area (TPSA) is 117 Å². The summed E-state index contributed by atoms with van der Waals surface area (Å²) in [6.07, 6.45) is 1.71. The van der Waals surface area contributed by atoms with E-state index >= 15 is 0 Å². The number of hydrogen-bond donors (Lipinski definition) is 1. The Kier molecular flexibility index (Phi) is 5.96. The number of fused-ring (bicyclic) bond motifs is 3. The van der Waals surface area contributed by atoms with Crippen LogP contribution in [0.5, 0.6) is 0 Å². The molecule has 11 heteroatoms. The molecule has 0 bridgehead atoms. The summed E-state index contributed by atoms with van der Waals surface area (Å²) in [5, 5.41) is 4.31. The summed E-state index contributed by atoms with van der Waals surface area (Å²) >= 11 is 1.19. The van der Waals surface area contributed by atoms with Crippen molar-refractivity contribution < 1.29 is 22.8 Å². The van der Waals surface area contributed by atoms with Gasteiger partial charge in [0.05, 0.1) is 31.9 Å². The van der Waals surface area contributed by atoms with Crippen LogP contribution in [-0.2, 0) is 10.0 Å². The Bertz CT molecular complexity index is 1990. The van der Waals surface area contributed by atoms with E-state index in [0.29, 0.717) is 61.6 Å². The van der Waals surface area contributed by atoms with Gasteiger partial charge in [0.1, 0.15) is 0 Å². The standard InChI is InChI=1S/C30H22N4O5S2/c35-27(32-30-31-24-13-11-18(17-26(24)40-30)41(38,39)33-15-5-6-16-33)21-12-14-25(20-8-2-1-7-19(20)21)34-28(36)22-9-3-4-10-23(22)29(34)37/h1-4,7-14,17H,5-6,15-16H2,(H,31,32,35). The molecule has 2 aliphatic heterocycles. The highest BCUT2D eigenvalue weighted by Crippen LogP contribution is 2.36. The van der Waals surface area contributed by atoms with Crippen molar-refractivity contribution >= 4 is 70.9 Å². The van der Waals surface area contributed by atoms with Crippen molar-refractivity contribution in [2.45, 2.75) is 17.7 Å². The summed E-state index contributed by atoms with van der Waals surface area (Å²) in [6.45, 7) is 1.04. The first-order chi connectivity index (χ1) is 19.8. The molecular formula is C30H22N4O5S2. The number of hydrogen-bond acceptors (Lipinski definition) is 7. The third-order valence-corrected chi connectivity index (χ3v) is 10.3. The van der Waals surface area contributed by atoms with Gasteiger partial charge < -0.3 is 0 Å². The summed E-state index contributed by atoms with van der Waals surface area (Å²) in [5.74, 6) is -1.24. The first-order valence-electron chi connectivity index (χ1n) is 13.0. The number of nitrogens with zero attached hydrogens (tertiary/aromatic N) is 3. The summed E-state index contributed by atoms with van der Waals surface area (Å²) < 4.78 is 28.1. The molecule has 0 atom stereocenters. The summed E-state index contributed by atoms with van der Waals surface area (Å²) in [5.41, 5.74) is 2.01. The molecule has 0 saturated carbocycles. The Hall–Kier alpha value is -4.45. The second kappa shape index (κ2) is 9.58. The van der Waals surface area contributed by atoms with E-state index in [9.17, 15) is 22.8 Å². The molecule has 1 saturated heterocycles. The lowest BCUT2D eigenvalue weighted by atomic mass is 10.0. The Balaban J connectivity index is 1.20.